The third kappa shape index (κ3) is 2.73. The maximum atomic E-state index is 5.43. The number of hydrogen-bond donors (Lipinski definition) is 2. The van der Waals surface area contributed by atoms with E-state index in [9.17, 15) is 0 Å². The lowest BCUT2D eigenvalue weighted by Crippen LogP contribution is -2.46. The predicted octanol–water partition coefficient (Wildman–Crippen LogP) is 3.80. The van der Waals surface area contributed by atoms with Crippen LogP contribution in [0.15, 0.2) is 47.5 Å². The van der Waals surface area contributed by atoms with Gasteiger partial charge in [-0.05, 0) is 37.1 Å². The van der Waals surface area contributed by atoms with Crippen LogP contribution in [-0.4, -0.2) is 31.6 Å². The van der Waals surface area contributed by atoms with Crippen molar-refractivity contribution < 1.29 is 9.47 Å². The van der Waals surface area contributed by atoms with Crippen molar-refractivity contribution >= 4 is 28.7 Å². The first kappa shape index (κ1) is 16.3. The molecule has 2 heterocycles. The zero-order valence-corrected chi connectivity index (χ0v) is 15.1. The molecule has 1 aliphatic heterocycles. The molecule has 3 aromatic rings. The van der Waals surface area contributed by atoms with E-state index in [1.807, 2.05) is 24.3 Å². The number of benzene rings is 2. The van der Waals surface area contributed by atoms with Gasteiger partial charge < -0.3 is 14.5 Å². The topological polar surface area (TPSA) is 61.9 Å². The van der Waals surface area contributed by atoms with E-state index in [0.29, 0.717) is 0 Å². The van der Waals surface area contributed by atoms with Gasteiger partial charge in [-0.2, -0.15) is 0 Å². The summed E-state index contributed by atoms with van der Waals surface area (Å²) in [4.78, 5) is 7.83. The minimum Gasteiger partial charge on any atom is -0.493 e. The summed E-state index contributed by atoms with van der Waals surface area (Å²) >= 11 is 0. The summed E-state index contributed by atoms with van der Waals surface area (Å²) in [5.74, 6) is 2.37. The Kier molecular flexibility index (Phi) is 4.16. The zero-order chi connectivity index (χ0) is 18.1. The molecule has 0 aliphatic carbocycles. The van der Waals surface area contributed by atoms with Crippen LogP contribution in [-0.2, 0) is 6.42 Å². The number of aliphatic imine (C=N–C) groups is 1. The Hall–Kier alpha value is -3.15. The first-order valence-electron chi connectivity index (χ1n) is 8.61. The number of aromatic nitrogens is 1. The summed E-state index contributed by atoms with van der Waals surface area (Å²) in [6.07, 6.45) is 2.57. The van der Waals surface area contributed by atoms with E-state index < -0.39 is 0 Å². The fraction of sp³-hybridized carbons (Fsp3) is 0.250. The second-order valence-electron chi connectivity index (χ2n) is 6.37. The van der Waals surface area contributed by atoms with E-state index in [-0.39, 0.29) is 6.04 Å². The standard InChI is InChI=1S/C20H22N4O2/c1-13(10-14-8-9-17(25-2)18(11-14)26-3)24-19-15-6-4-5-7-16(15)23-20(19)21-12-22-24/h4-9,11-13,23H,10H2,1-3H3,(H,21,22). The van der Waals surface area contributed by atoms with Crippen molar-refractivity contribution in [2.45, 2.75) is 19.4 Å². The maximum Gasteiger partial charge on any atom is 0.160 e. The van der Waals surface area contributed by atoms with Crippen LogP contribution in [0.5, 0.6) is 11.5 Å². The molecule has 0 bridgehead atoms. The molecular weight excluding hydrogens is 328 g/mol. The van der Waals surface area contributed by atoms with Gasteiger partial charge in [0.1, 0.15) is 12.0 Å². The number of nitrogens with zero attached hydrogens (tertiary/aromatic N) is 2. The maximum absolute atomic E-state index is 5.43. The lowest BCUT2D eigenvalue weighted by molar-refractivity contribution is 0.354. The van der Waals surface area contributed by atoms with Gasteiger partial charge in [0.05, 0.1) is 20.3 Å². The highest BCUT2D eigenvalue weighted by Gasteiger charge is 2.24. The quantitative estimate of drug-likeness (QED) is 0.735. The number of anilines is 1. The number of nitrogens with one attached hydrogen (secondary N) is 2. The summed E-state index contributed by atoms with van der Waals surface area (Å²) < 4.78 is 10.8. The normalized spacial score (nSPS) is 14.0. The summed E-state index contributed by atoms with van der Waals surface area (Å²) in [6, 6.07) is 14.5. The van der Waals surface area contributed by atoms with Crippen LogP contribution in [0.4, 0.5) is 11.5 Å². The van der Waals surface area contributed by atoms with Crippen molar-refractivity contribution in [1.29, 1.82) is 0 Å². The molecule has 2 N–H and O–H groups in total. The summed E-state index contributed by atoms with van der Waals surface area (Å²) in [5, 5.41) is 3.32. The molecule has 0 spiro atoms. The van der Waals surface area contributed by atoms with Crippen LogP contribution >= 0.6 is 0 Å². The lowest BCUT2D eigenvalue weighted by atomic mass is 10.1. The van der Waals surface area contributed by atoms with Crippen LogP contribution in [0.25, 0.3) is 10.9 Å². The molecule has 1 aliphatic rings. The average molecular weight is 350 g/mol. The van der Waals surface area contributed by atoms with Crippen molar-refractivity contribution in [2.75, 3.05) is 19.2 Å². The molecule has 1 unspecified atom stereocenters. The highest BCUT2D eigenvalue weighted by Crippen LogP contribution is 2.38. The number of para-hydroxylation sites is 1. The Balaban J connectivity index is 1.64. The number of methoxy groups -OCH3 is 2. The molecule has 0 saturated heterocycles. The minimum atomic E-state index is 0.206. The number of rotatable bonds is 5. The Morgan fingerprint density at radius 3 is 2.69 bits per heavy atom. The summed E-state index contributed by atoms with van der Waals surface area (Å²) in [6.45, 7) is 2.19. The van der Waals surface area contributed by atoms with Gasteiger partial charge >= 0.3 is 0 Å². The second kappa shape index (κ2) is 6.63. The minimum absolute atomic E-state index is 0.206. The smallest absolute Gasteiger partial charge is 0.160 e. The fourth-order valence-electron chi connectivity index (χ4n) is 3.46. The van der Waals surface area contributed by atoms with Gasteiger partial charge in [-0.15, -0.1) is 0 Å². The number of hydrogen-bond acceptors (Lipinski definition) is 5. The second-order valence-corrected chi connectivity index (χ2v) is 6.37. The fourth-order valence-corrected chi connectivity index (χ4v) is 3.46. The molecule has 0 radical (unpaired) electrons. The van der Waals surface area contributed by atoms with E-state index in [1.54, 1.807) is 20.6 Å². The van der Waals surface area contributed by atoms with Gasteiger partial charge in [0.15, 0.2) is 17.3 Å². The van der Waals surface area contributed by atoms with Crippen LogP contribution in [0.1, 0.15) is 12.5 Å². The Morgan fingerprint density at radius 2 is 1.88 bits per heavy atom. The van der Waals surface area contributed by atoms with E-state index in [1.165, 1.54) is 5.56 Å². The van der Waals surface area contributed by atoms with Gasteiger partial charge in [0, 0.05) is 10.9 Å². The number of aromatic amines is 1. The van der Waals surface area contributed by atoms with Crippen molar-refractivity contribution in [1.82, 2.24) is 10.4 Å². The molecule has 2 aromatic carbocycles. The van der Waals surface area contributed by atoms with Gasteiger partial charge in [-0.3, -0.25) is 10.4 Å². The molecule has 0 saturated carbocycles. The summed E-state index contributed by atoms with van der Waals surface area (Å²) in [5.41, 5.74) is 6.64. The van der Waals surface area contributed by atoms with E-state index >= 15 is 0 Å². The van der Waals surface area contributed by atoms with Gasteiger partial charge in [0.2, 0.25) is 0 Å². The number of ether oxygens (including phenoxy) is 2. The van der Waals surface area contributed by atoms with Gasteiger partial charge in [-0.25, -0.2) is 4.99 Å². The SMILES string of the molecule is COc1ccc(CC(C)N2NC=Nc3[nH]c4ccccc4c32)cc1OC. The van der Waals surface area contributed by atoms with Crippen molar-refractivity contribution in [3.8, 4) is 11.5 Å². The first-order valence-corrected chi connectivity index (χ1v) is 8.61. The Labute approximate surface area is 152 Å². The molecule has 134 valence electrons. The zero-order valence-electron chi connectivity index (χ0n) is 15.1. The molecule has 4 rings (SSSR count). The van der Waals surface area contributed by atoms with Crippen molar-refractivity contribution in [2.24, 2.45) is 4.99 Å². The van der Waals surface area contributed by atoms with Crippen LogP contribution in [0, 0.1) is 0 Å². The molecule has 0 amide bonds. The van der Waals surface area contributed by atoms with E-state index in [0.717, 1.165) is 40.3 Å². The van der Waals surface area contributed by atoms with E-state index in [2.05, 4.69) is 45.5 Å². The van der Waals surface area contributed by atoms with Crippen LogP contribution < -0.4 is 19.9 Å². The third-order valence-electron chi connectivity index (χ3n) is 4.71. The van der Waals surface area contributed by atoms with Crippen molar-refractivity contribution in [3.05, 3.63) is 48.0 Å². The monoisotopic (exact) mass is 350 g/mol. The Bertz CT molecular complexity index is 964. The highest BCUT2D eigenvalue weighted by molar-refractivity contribution is 6.01. The summed E-state index contributed by atoms with van der Waals surface area (Å²) in [7, 11) is 3.31. The molecule has 1 atom stereocenters. The van der Waals surface area contributed by atoms with Crippen LogP contribution in [0.2, 0.25) is 0 Å². The number of fused-ring (bicyclic) bond motifs is 3. The molecule has 6 nitrogen and oxygen atoms in total. The van der Waals surface area contributed by atoms with Crippen molar-refractivity contribution in [3.63, 3.8) is 0 Å². The molecular formula is C20H22N4O2. The highest BCUT2D eigenvalue weighted by atomic mass is 16.5. The Morgan fingerprint density at radius 1 is 1.08 bits per heavy atom. The first-order chi connectivity index (χ1) is 12.7. The van der Waals surface area contributed by atoms with E-state index in [4.69, 9.17) is 9.47 Å². The largest absolute Gasteiger partial charge is 0.493 e. The lowest BCUT2D eigenvalue weighted by Gasteiger charge is -2.32. The third-order valence-corrected chi connectivity index (χ3v) is 4.71. The molecule has 26 heavy (non-hydrogen) atoms. The predicted molar refractivity (Wildman–Crippen MR) is 105 cm³/mol. The van der Waals surface area contributed by atoms with Gasteiger partial charge in [0.25, 0.3) is 0 Å². The molecule has 0 fully saturated rings. The molecule has 1 aromatic heterocycles. The average Bonchev–Trinajstić information content (AvgIpc) is 3.06. The van der Waals surface area contributed by atoms with Gasteiger partial charge in [-0.1, -0.05) is 24.3 Å². The molecule has 6 heteroatoms. The number of H-pyrrole nitrogens is 1. The van der Waals surface area contributed by atoms with Crippen LogP contribution in [0.3, 0.4) is 0 Å². The number of hydrazine groups is 1.